The predicted octanol–water partition coefficient (Wildman–Crippen LogP) is 2.87. The molecule has 1 atom stereocenters. The summed E-state index contributed by atoms with van der Waals surface area (Å²) in [6.45, 7) is 5.84. The molecule has 7 heteroatoms. The quantitative estimate of drug-likeness (QED) is 0.913. The molecule has 0 radical (unpaired) electrons. The molecule has 0 saturated carbocycles. The van der Waals surface area contributed by atoms with Crippen molar-refractivity contribution in [3.05, 3.63) is 30.3 Å². The SMILES string of the molecule is COc1ccc2cccc(N3CCC(NC(=O)OC(C)(C)C)C3=O)c2n1. The molecule has 2 amide bonds. The van der Waals surface area contributed by atoms with Gasteiger partial charge in [-0.1, -0.05) is 12.1 Å². The van der Waals surface area contributed by atoms with Crippen molar-refractivity contribution in [3.63, 3.8) is 0 Å². The number of nitrogens with zero attached hydrogens (tertiary/aromatic N) is 2. The van der Waals surface area contributed by atoms with Crippen molar-refractivity contribution in [2.45, 2.75) is 38.8 Å². The Bertz CT molecular complexity index is 844. The predicted molar refractivity (Wildman–Crippen MR) is 98.4 cm³/mol. The van der Waals surface area contributed by atoms with Crippen molar-refractivity contribution >= 4 is 28.6 Å². The highest BCUT2D eigenvalue weighted by atomic mass is 16.6. The van der Waals surface area contributed by atoms with E-state index in [0.29, 0.717) is 30.0 Å². The third kappa shape index (κ3) is 3.71. The Balaban J connectivity index is 1.82. The molecule has 0 aliphatic carbocycles. The summed E-state index contributed by atoms with van der Waals surface area (Å²) in [6, 6.07) is 8.75. The van der Waals surface area contributed by atoms with E-state index in [9.17, 15) is 9.59 Å². The summed E-state index contributed by atoms with van der Waals surface area (Å²) in [5.41, 5.74) is 0.791. The normalized spacial score (nSPS) is 17.5. The second-order valence-corrected chi connectivity index (χ2v) is 7.18. The average Bonchev–Trinajstić information content (AvgIpc) is 2.92. The van der Waals surface area contributed by atoms with E-state index in [2.05, 4.69) is 10.3 Å². The number of pyridine rings is 1. The van der Waals surface area contributed by atoms with E-state index in [0.717, 1.165) is 5.39 Å². The molecule has 1 N–H and O–H groups in total. The Labute approximate surface area is 152 Å². The topological polar surface area (TPSA) is 80.8 Å². The van der Waals surface area contributed by atoms with Crippen molar-refractivity contribution in [1.82, 2.24) is 10.3 Å². The van der Waals surface area contributed by atoms with Gasteiger partial charge in [0, 0.05) is 18.0 Å². The number of anilines is 1. The van der Waals surface area contributed by atoms with Crippen LogP contribution in [0.5, 0.6) is 5.88 Å². The first-order valence-corrected chi connectivity index (χ1v) is 8.53. The molecule has 0 spiro atoms. The standard InChI is InChI=1S/C19H23N3O4/c1-19(2,3)26-18(24)20-13-10-11-22(17(13)23)14-7-5-6-12-8-9-15(25-4)21-16(12)14/h5-9,13H,10-11H2,1-4H3,(H,20,24). The van der Waals surface area contributed by atoms with E-state index >= 15 is 0 Å². The maximum Gasteiger partial charge on any atom is 0.408 e. The fraction of sp³-hybridized carbons (Fsp3) is 0.421. The van der Waals surface area contributed by atoms with Gasteiger partial charge in [0.15, 0.2) is 0 Å². The molecule has 1 aromatic carbocycles. The van der Waals surface area contributed by atoms with E-state index in [1.54, 1.807) is 38.8 Å². The Hall–Kier alpha value is -2.83. The monoisotopic (exact) mass is 357 g/mol. The first-order valence-electron chi connectivity index (χ1n) is 8.53. The van der Waals surface area contributed by atoms with Gasteiger partial charge >= 0.3 is 6.09 Å². The molecule has 2 aromatic rings. The molecule has 26 heavy (non-hydrogen) atoms. The maximum atomic E-state index is 12.8. The molecule has 138 valence electrons. The number of methoxy groups -OCH3 is 1. The molecule has 3 rings (SSSR count). The number of fused-ring (bicyclic) bond motifs is 1. The van der Waals surface area contributed by atoms with Crippen LogP contribution in [-0.2, 0) is 9.53 Å². The number of rotatable bonds is 3. The van der Waals surface area contributed by atoms with Gasteiger partial charge in [-0.25, -0.2) is 9.78 Å². The number of alkyl carbamates (subject to hydrolysis) is 1. The van der Waals surface area contributed by atoms with Crippen molar-refractivity contribution in [2.75, 3.05) is 18.6 Å². The summed E-state index contributed by atoms with van der Waals surface area (Å²) in [6.07, 6.45) is -0.0752. The number of ether oxygens (including phenoxy) is 2. The first kappa shape index (κ1) is 18.0. The van der Waals surface area contributed by atoms with Gasteiger partial charge in [-0.2, -0.15) is 0 Å². The summed E-state index contributed by atoms with van der Waals surface area (Å²) in [5, 5.41) is 3.57. The van der Waals surface area contributed by atoms with E-state index in [1.807, 2.05) is 24.3 Å². The van der Waals surface area contributed by atoms with Gasteiger partial charge in [0.2, 0.25) is 11.8 Å². The Morgan fingerprint density at radius 1 is 1.27 bits per heavy atom. The van der Waals surface area contributed by atoms with Gasteiger partial charge in [0.05, 0.1) is 18.3 Å². The van der Waals surface area contributed by atoms with Crippen LogP contribution in [0.2, 0.25) is 0 Å². The Kier molecular flexibility index (Phi) is 4.71. The molecule has 1 unspecified atom stereocenters. The van der Waals surface area contributed by atoms with Crippen molar-refractivity contribution in [1.29, 1.82) is 0 Å². The highest BCUT2D eigenvalue weighted by Gasteiger charge is 2.35. The summed E-state index contributed by atoms with van der Waals surface area (Å²) in [4.78, 5) is 30.9. The number of hydrogen-bond donors (Lipinski definition) is 1. The zero-order valence-electron chi connectivity index (χ0n) is 15.4. The van der Waals surface area contributed by atoms with Crippen LogP contribution in [0.3, 0.4) is 0 Å². The van der Waals surface area contributed by atoms with Gasteiger partial charge in [0.25, 0.3) is 0 Å². The van der Waals surface area contributed by atoms with Crippen LogP contribution in [0.25, 0.3) is 10.9 Å². The van der Waals surface area contributed by atoms with Gasteiger partial charge < -0.3 is 19.7 Å². The van der Waals surface area contributed by atoms with Gasteiger partial charge in [-0.15, -0.1) is 0 Å². The molecule has 0 bridgehead atoms. The van der Waals surface area contributed by atoms with Gasteiger partial charge in [0.1, 0.15) is 11.6 Å². The zero-order valence-corrected chi connectivity index (χ0v) is 15.4. The number of aromatic nitrogens is 1. The van der Waals surface area contributed by atoms with Crippen molar-refractivity contribution < 1.29 is 19.1 Å². The molecule has 2 heterocycles. The number of amides is 2. The van der Waals surface area contributed by atoms with Crippen LogP contribution in [0, 0.1) is 0 Å². The van der Waals surface area contributed by atoms with Gasteiger partial charge in [-0.3, -0.25) is 4.79 Å². The largest absolute Gasteiger partial charge is 0.481 e. The Morgan fingerprint density at radius 2 is 2.04 bits per heavy atom. The molecule has 1 saturated heterocycles. The van der Waals surface area contributed by atoms with Crippen LogP contribution >= 0.6 is 0 Å². The highest BCUT2D eigenvalue weighted by Crippen LogP contribution is 2.30. The summed E-state index contributed by atoms with van der Waals surface area (Å²) in [5.74, 6) is 0.313. The first-order chi connectivity index (χ1) is 12.3. The fourth-order valence-electron chi connectivity index (χ4n) is 2.95. The number of carbonyl (C=O) groups is 2. The molecule has 1 aliphatic heterocycles. The molecule has 1 aromatic heterocycles. The second kappa shape index (κ2) is 6.82. The number of carbonyl (C=O) groups excluding carboxylic acids is 2. The van der Waals surface area contributed by atoms with Crippen LogP contribution in [0.4, 0.5) is 10.5 Å². The molecule has 7 nitrogen and oxygen atoms in total. The fourth-order valence-corrected chi connectivity index (χ4v) is 2.95. The highest BCUT2D eigenvalue weighted by molar-refractivity contribution is 6.06. The zero-order chi connectivity index (χ0) is 18.9. The van der Waals surface area contributed by atoms with E-state index < -0.39 is 17.7 Å². The molecular weight excluding hydrogens is 334 g/mol. The lowest BCUT2D eigenvalue weighted by Crippen LogP contribution is -2.43. The number of benzene rings is 1. The van der Waals surface area contributed by atoms with Crippen LogP contribution < -0.4 is 15.0 Å². The number of para-hydroxylation sites is 1. The van der Waals surface area contributed by atoms with E-state index in [1.165, 1.54) is 0 Å². The summed E-state index contributed by atoms with van der Waals surface area (Å²) < 4.78 is 10.4. The van der Waals surface area contributed by atoms with Crippen LogP contribution in [0.15, 0.2) is 30.3 Å². The second-order valence-electron chi connectivity index (χ2n) is 7.18. The molecule has 1 fully saturated rings. The number of hydrogen-bond acceptors (Lipinski definition) is 5. The lowest BCUT2D eigenvalue weighted by molar-refractivity contribution is -0.118. The van der Waals surface area contributed by atoms with Crippen molar-refractivity contribution in [2.24, 2.45) is 0 Å². The lowest BCUT2D eigenvalue weighted by atomic mass is 10.1. The Morgan fingerprint density at radius 3 is 2.73 bits per heavy atom. The molecular formula is C19H23N3O4. The van der Waals surface area contributed by atoms with Crippen LogP contribution in [-0.4, -0.2) is 42.3 Å². The average molecular weight is 357 g/mol. The third-order valence-electron chi connectivity index (χ3n) is 4.07. The van der Waals surface area contributed by atoms with Gasteiger partial charge in [-0.05, 0) is 39.3 Å². The minimum absolute atomic E-state index is 0.173. The maximum absolute atomic E-state index is 12.8. The molecule has 1 aliphatic rings. The summed E-state index contributed by atoms with van der Waals surface area (Å²) in [7, 11) is 1.55. The number of nitrogens with one attached hydrogen (secondary N) is 1. The summed E-state index contributed by atoms with van der Waals surface area (Å²) >= 11 is 0. The van der Waals surface area contributed by atoms with E-state index in [4.69, 9.17) is 9.47 Å². The smallest absolute Gasteiger partial charge is 0.408 e. The minimum atomic E-state index is -0.610. The third-order valence-corrected chi connectivity index (χ3v) is 4.07. The van der Waals surface area contributed by atoms with Crippen LogP contribution in [0.1, 0.15) is 27.2 Å². The van der Waals surface area contributed by atoms with Crippen molar-refractivity contribution in [3.8, 4) is 5.88 Å². The van der Waals surface area contributed by atoms with E-state index in [-0.39, 0.29) is 5.91 Å². The lowest BCUT2D eigenvalue weighted by Gasteiger charge is -2.22. The minimum Gasteiger partial charge on any atom is -0.481 e.